The second-order valence-electron chi connectivity index (χ2n) is 6.12. The summed E-state index contributed by atoms with van der Waals surface area (Å²) in [6.45, 7) is 6.99. The van der Waals surface area contributed by atoms with Crippen LogP contribution < -0.4 is 4.74 Å². The van der Waals surface area contributed by atoms with Crippen LogP contribution in [0.5, 0.6) is 5.75 Å². The van der Waals surface area contributed by atoms with Crippen molar-refractivity contribution in [3.05, 3.63) is 53.9 Å². The summed E-state index contributed by atoms with van der Waals surface area (Å²) in [5.74, 6) is 0.828. The summed E-state index contributed by atoms with van der Waals surface area (Å²) in [4.78, 5) is 12.2. The molecule has 0 aliphatic heterocycles. The monoisotopic (exact) mass is 326 g/mol. The van der Waals surface area contributed by atoms with Gasteiger partial charge in [-0.05, 0) is 44.0 Å². The standard InChI is InChI=1S/C20H26N2O2/c1-4-5-6-13-24-19-10-7-17(8-11-19)9-12-20(23)18-14-21-22(15-18)16(2)3/h7-12,14-16H,4-6,13H2,1-3H3. The maximum atomic E-state index is 12.2. The Labute approximate surface area is 144 Å². The molecule has 0 aliphatic rings. The zero-order chi connectivity index (χ0) is 17.4. The number of hydrogen-bond acceptors (Lipinski definition) is 3. The molecule has 128 valence electrons. The quantitative estimate of drug-likeness (QED) is 0.373. The maximum Gasteiger partial charge on any atom is 0.189 e. The molecule has 1 heterocycles. The molecule has 4 heteroatoms. The van der Waals surface area contributed by atoms with E-state index in [-0.39, 0.29) is 11.8 Å². The third-order valence-electron chi connectivity index (χ3n) is 3.74. The van der Waals surface area contributed by atoms with Gasteiger partial charge in [-0.1, -0.05) is 38.0 Å². The predicted molar refractivity (Wildman–Crippen MR) is 97.4 cm³/mol. The number of nitrogens with zero attached hydrogens (tertiary/aromatic N) is 2. The van der Waals surface area contributed by atoms with Crippen LogP contribution in [-0.4, -0.2) is 22.2 Å². The van der Waals surface area contributed by atoms with Crippen molar-refractivity contribution in [2.45, 2.75) is 46.1 Å². The van der Waals surface area contributed by atoms with Gasteiger partial charge in [0.05, 0.1) is 18.4 Å². The van der Waals surface area contributed by atoms with Crippen molar-refractivity contribution in [3.8, 4) is 5.75 Å². The minimum Gasteiger partial charge on any atom is -0.494 e. The number of aromatic nitrogens is 2. The van der Waals surface area contributed by atoms with Crippen molar-refractivity contribution in [1.29, 1.82) is 0 Å². The first-order valence-corrected chi connectivity index (χ1v) is 8.59. The van der Waals surface area contributed by atoms with Gasteiger partial charge in [0.25, 0.3) is 0 Å². The van der Waals surface area contributed by atoms with E-state index in [0.29, 0.717) is 5.56 Å². The van der Waals surface area contributed by atoms with Gasteiger partial charge in [0.1, 0.15) is 5.75 Å². The van der Waals surface area contributed by atoms with Gasteiger partial charge in [-0.25, -0.2) is 0 Å². The van der Waals surface area contributed by atoms with Gasteiger partial charge in [-0.3, -0.25) is 9.48 Å². The summed E-state index contributed by atoms with van der Waals surface area (Å²) >= 11 is 0. The van der Waals surface area contributed by atoms with E-state index in [1.807, 2.05) is 44.2 Å². The third-order valence-corrected chi connectivity index (χ3v) is 3.74. The highest BCUT2D eigenvalue weighted by molar-refractivity contribution is 6.06. The van der Waals surface area contributed by atoms with Crippen molar-refractivity contribution in [1.82, 2.24) is 9.78 Å². The van der Waals surface area contributed by atoms with Gasteiger partial charge >= 0.3 is 0 Å². The Hall–Kier alpha value is -2.36. The van der Waals surface area contributed by atoms with Crippen molar-refractivity contribution in [2.75, 3.05) is 6.61 Å². The van der Waals surface area contributed by atoms with Crippen LogP contribution in [0.4, 0.5) is 0 Å². The van der Waals surface area contributed by atoms with E-state index in [1.165, 1.54) is 12.8 Å². The van der Waals surface area contributed by atoms with E-state index in [1.54, 1.807) is 23.2 Å². The Balaban J connectivity index is 1.89. The normalized spacial score (nSPS) is 11.3. The number of ether oxygens (including phenoxy) is 1. The van der Waals surface area contributed by atoms with E-state index in [0.717, 1.165) is 24.3 Å². The number of carbonyl (C=O) groups excluding carboxylic acids is 1. The number of ketones is 1. The average molecular weight is 326 g/mol. The number of benzene rings is 1. The molecular formula is C20H26N2O2. The van der Waals surface area contributed by atoms with Crippen LogP contribution in [0.25, 0.3) is 6.08 Å². The molecule has 2 rings (SSSR count). The summed E-state index contributed by atoms with van der Waals surface area (Å²) in [6.07, 6.45) is 10.3. The Morgan fingerprint density at radius 2 is 2.00 bits per heavy atom. The molecule has 1 aromatic carbocycles. The van der Waals surface area contributed by atoms with Gasteiger partial charge in [-0.2, -0.15) is 5.10 Å². The molecule has 24 heavy (non-hydrogen) atoms. The molecule has 0 atom stereocenters. The van der Waals surface area contributed by atoms with E-state index in [2.05, 4.69) is 12.0 Å². The summed E-state index contributed by atoms with van der Waals surface area (Å²) in [5, 5.41) is 4.19. The average Bonchev–Trinajstić information content (AvgIpc) is 3.08. The molecular weight excluding hydrogens is 300 g/mol. The Morgan fingerprint density at radius 1 is 1.25 bits per heavy atom. The Kier molecular flexibility index (Phi) is 6.79. The molecule has 0 saturated heterocycles. The minimum absolute atomic E-state index is 0.0400. The van der Waals surface area contributed by atoms with E-state index in [9.17, 15) is 4.79 Å². The highest BCUT2D eigenvalue weighted by atomic mass is 16.5. The number of rotatable bonds is 9. The highest BCUT2D eigenvalue weighted by Gasteiger charge is 2.07. The van der Waals surface area contributed by atoms with Crippen LogP contribution in [0.1, 0.15) is 62.0 Å². The third kappa shape index (κ3) is 5.37. The second-order valence-corrected chi connectivity index (χ2v) is 6.12. The first-order valence-electron chi connectivity index (χ1n) is 8.59. The molecule has 4 nitrogen and oxygen atoms in total. The zero-order valence-corrected chi connectivity index (χ0v) is 14.7. The topological polar surface area (TPSA) is 44.1 Å². The molecule has 0 radical (unpaired) electrons. The van der Waals surface area contributed by atoms with E-state index >= 15 is 0 Å². The SMILES string of the molecule is CCCCCOc1ccc(C=CC(=O)c2cnn(C(C)C)c2)cc1. The van der Waals surface area contributed by atoms with Crippen LogP contribution in [0.2, 0.25) is 0 Å². The van der Waals surface area contributed by atoms with Crippen LogP contribution in [0.3, 0.4) is 0 Å². The van der Waals surface area contributed by atoms with Gasteiger partial charge in [0, 0.05) is 12.2 Å². The molecule has 1 aromatic heterocycles. The first kappa shape index (κ1) is 18.0. The number of hydrogen-bond donors (Lipinski definition) is 0. The zero-order valence-electron chi connectivity index (χ0n) is 14.7. The summed E-state index contributed by atoms with van der Waals surface area (Å²) in [5.41, 5.74) is 1.58. The summed E-state index contributed by atoms with van der Waals surface area (Å²) in [6, 6.07) is 8.03. The Bertz CT molecular complexity index is 669. The lowest BCUT2D eigenvalue weighted by Crippen LogP contribution is -2.00. The Morgan fingerprint density at radius 3 is 2.62 bits per heavy atom. The number of unbranched alkanes of at least 4 members (excludes halogenated alkanes) is 2. The molecule has 0 spiro atoms. The lowest BCUT2D eigenvalue weighted by Gasteiger charge is -2.05. The van der Waals surface area contributed by atoms with Crippen molar-refractivity contribution < 1.29 is 9.53 Å². The van der Waals surface area contributed by atoms with Gasteiger partial charge in [0.15, 0.2) is 5.78 Å². The second kappa shape index (κ2) is 9.06. The summed E-state index contributed by atoms with van der Waals surface area (Å²) < 4.78 is 7.46. The molecule has 0 N–H and O–H groups in total. The van der Waals surface area contributed by atoms with Gasteiger partial charge in [-0.15, -0.1) is 0 Å². The molecule has 0 unspecified atom stereocenters. The maximum absolute atomic E-state index is 12.2. The van der Waals surface area contributed by atoms with Crippen LogP contribution in [0, 0.1) is 0 Å². The largest absolute Gasteiger partial charge is 0.494 e. The van der Waals surface area contributed by atoms with Crippen molar-refractivity contribution in [3.63, 3.8) is 0 Å². The smallest absolute Gasteiger partial charge is 0.189 e. The summed E-state index contributed by atoms with van der Waals surface area (Å²) in [7, 11) is 0. The van der Waals surface area contributed by atoms with Gasteiger partial charge < -0.3 is 4.74 Å². The fourth-order valence-corrected chi connectivity index (χ4v) is 2.23. The van der Waals surface area contributed by atoms with Crippen LogP contribution in [-0.2, 0) is 0 Å². The molecule has 0 bridgehead atoms. The van der Waals surface area contributed by atoms with Crippen molar-refractivity contribution >= 4 is 11.9 Å². The van der Waals surface area contributed by atoms with E-state index in [4.69, 9.17) is 4.74 Å². The van der Waals surface area contributed by atoms with Crippen LogP contribution >= 0.6 is 0 Å². The first-order chi connectivity index (χ1) is 11.6. The minimum atomic E-state index is -0.0400. The van der Waals surface area contributed by atoms with E-state index < -0.39 is 0 Å². The van der Waals surface area contributed by atoms with Crippen molar-refractivity contribution in [2.24, 2.45) is 0 Å². The number of allylic oxidation sites excluding steroid dienone is 1. The van der Waals surface area contributed by atoms with Crippen LogP contribution in [0.15, 0.2) is 42.7 Å². The number of carbonyl (C=O) groups is 1. The predicted octanol–water partition coefficient (Wildman–Crippen LogP) is 4.93. The molecule has 0 amide bonds. The molecule has 2 aromatic rings. The van der Waals surface area contributed by atoms with Gasteiger partial charge in [0.2, 0.25) is 0 Å². The fraction of sp³-hybridized carbons (Fsp3) is 0.400. The molecule has 0 aliphatic carbocycles. The fourth-order valence-electron chi connectivity index (χ4n) is 2.23. The lowest BCUT2D eigenvalue weighted by molar-refractivity contribution is 0.104. The highest BCUT2D eigenvalue weighted by Crippen LogP contribution is 2.14. The lowest BCUT2D eigenvalue weighted by atomic mass is 10.1. The molecule has 0 fully saturated rings. The molecule has 0 saturated carbocycles.